The smallest absolute Gasteiger partial charge is 0.274 e. The molecule has 206 valence electrons. The minimum Gasteiger partial charge on any atom is -0.347 e. The molecule has 1 aromatic carbocycles. The summed E-state index contributed by atoms with van der Waals surface area (Å²) in [5.74, 6) is -0.485. The number of halogens is 1. The highest BCUT2D eigenvalue weighted by Crippen LogP contribution is 2.26. The van der Waals surface area contributed by atoms with Crippen molar-refractivity contribution in [1.82, 2.24) is 35.1 Å². The fourth-order valence-electron chi connectivity index (χ4n) is 3.97. The van der Waals surface area contributed by atoms with Crippen LogP contribution in [-0.4, -0.2) is 47.1 Å². The third kappa shape index (κ3) is 6.35. The molecule has 2 amide bonds. The van der Waals surface area contributed by atoms with Gasteiger partial charge < -0.3 is 10.6 Å². The summed E-state index contributed by atoms with van der Waals surface area (Å²) in [5, 5.41) is 28.5. The van der Waals surface area contributed by atoms with Gasteiger partial charge in [-0.2, -0.15) is 10.4 Å². The molecule has 2 N–H and O–H groups in total. The maximum atomic E-state index is 13.8. The van der Waals surface area contributed by atoms with E-state index in [2.05, 4.69) is 37.1 Å². The minimum absolute atomic E-state index is 0.144. The van der Waals surface area contributed by atoms with Crippen molar-refractivity contribution < 1.29 is 9.59 Å². The van der Waals surface area contributed by atoms with Gasteiger partial charge in [0.25, 0.3) is 11.8 Å². The Hall–Kier alpha value is -4.56. The van der Waals surface area contributed by atoms with Gasteiger partial charge >= 0.3 is 0 Å². The molecule has 0 aliphatic heterocycles. The molecule has 11 nitrogen and oxygen atoms in total. The number of aryl methyl sites for hydroxylation is 1. The molecular formula is C28H30ClN9O2. The van der Waals surface area contributed by atoms with Crippen molar-refractivity contribution in [3.63, 3.8) is 0 Å². The number of nitrogens with one attached hydrogen (secondary N) is 2. The largest absolute Gasteiger partial charge is 0.347 e. The van der Waals surface area contributed by atoms with Crippen molar-refractivity contribution in [3.05, 3.63) is 81.5 Å². The first kappa shape index (κ1) is 28.4. The van der Waals surface area contributed by atoms with Crippen molar-refractivity contribution in [1.29, 1.82) is 5.26 Å². The number of anilines is 1. The van der Waals surface area contributed by atoms with E-state index in [-0.39, 0.29) is 35.2 Å². The number of rotatable bonds is 7. The quantitative estimate of drug-likeness (QED) is 0.335. The Morgan fingerprint density at radius 2 is 1.93 bits per heavy atom. The second kappa shape index (κ2) is 11.3. The molecule has 12 heteroatoms. The van der Waals surface area contributed by atoms with Crippen LogP contribution in [0, 0.1) is 18.3 Å². The van der Waals surface area contributed by atoms with E-state index in [0.717, 1.165) is 5.69 Å². The summed E-state index contributed by atoms with van der Waals surface area (Å²) >= 11 is 6.42. The van der Waals surface area contributed by atoms with Gasteiger partial charge in [-0.1, -0.05) is 30.7 Å². The highest BCUT2D eigenvalue weighted by Gasteiger charge is 2.25. The Morgan fingerprint density at radius 1 is 1.18 bits per heavy atom. The molecule has 0 spiro atoms. The number of carbonyl (C=O) groups is 2. The van der Waals surface area contributed by atoms with E-state index >= 15 is 0 Å². The molecule has 0 bridgehead atoms. The van der Waals surface area contributed by atoms with Crippen LogP contribution in [0.15, 0.2) is 42.7 Å². The summed E-state index contributed by atoms with van der Waals surface area (Å²) in [4.78, 5) is 31.3. The van der Waals surface area contributed by atoms with E-state index in [1.54, 1.807) is 42.1 Å². The normalized spacial score (nSPS) is 11.4. The molecule has 3 heterocycles. The SMILES string of the molecule is Cc1cc(C#N)cc(C(=O)NC(C)(C)C)c1NC(=O)c1cc(Cn2cc(C(C)C)nn2)nn1-c1ncccc1Cl. The first-order valence-corrected chi connectivity index (χ1v) is 13.0. The van der Waals surface area contributed by atoms with Crippen LogP contribution in [0.5, 0.6) is 0 Å². The Morgan fingerprint density at radius 3 is 2.55 bits per heavy atom. The first-order chi connectivity index (χ1) is 18.9. The van der Waals surface area contributed by atoms with Gasteiger partial charge in [-0.25, -0.2) is 14.3 Å². The Bertz CT molecular complexity index is 1620. The van der Waals surface area contributed by atoms with Crippen LogP contribution in [0.1, 0.15) is 83.9 Å². The highest BCUT2D eigenvalue weighted by molar-refractivity contribution is 6.32. The van der Waals surface area contributed by atoms with Crippen LogP contribution in [0.25, 0.3) is 5.82 Å². The number of nitriles is 1. The van der Waals surface area contributed by atoms with Gasteiger partial charge in [-0.05, 0) is 69.5 Å². The van der Waals surface area contributed by atoms with Crippen LogP contribution in [0.2, 0.25) is 5.02 Å². The van der Waals surface area contributed by atoms with Gasteiger partial charge in [0.1, 0.15) is 5.69 Å². The van der Waals surface area contributed by atoms with Gasteiger partial charge in [0.05, 0.1) is 45.8 Å². The van der Waals surface area contributed by atoms with E-state index in [1.807, 2.05) is 40.8 Å². The van der Waals surface area contributed by atoms with Gasteiger partial charge in [0.2, 0.25) is 0 Å². The predicted octanol–water partition coefficient (Wildman–Crippen LogP) is 4.64. The summed E-state index contributed by atoms with van der Waals surface area (Å²) in [6, 6.07) is 10.1. The zero-order valence-electron chi connectivity index (χ0n) is 23.2. The zero-order valence-corrected chi connectivity index (χ0v) is 23.9. The van der Waals surface area contributed by atoms with Gasteiger partial charge in [0.15, 0.2) is 5.82 Å². The lowest BCUT2D eigenvalue weighted by Crippen LogP contribution is -2.41. The second-order valence-electron chi connectivity index (χ2n) is 10.7. The standard InChI is InChI=1S/C28H30ClN9O2/c1-16(2)22-15-37(36-34-22)14-19-12-23(38(35-19)25-21(29)8-7-9-31-25)27(40)32-24-17(3)10-18(13-30)11-20(24)26(39)33-28(4,5)6/h7-12,15-16H,14H2,1-6H3,(H,32,40)(H,33,39). The molecular weight excluding hydrogens is 530 g/mol. The summed E-state index contributed by atoms with van der Waals surface area (Å²) < 4.78 is 3.00. The predicted molar refractivity (Wildman–Crippen MR) is 151 cm³/mol. The first-order valence-electron chi connectivity index (χ1n) is 12.6. The number of amides is 2. The summed E-state index contributed by atoms with van der Waals surface area (Å²) in [6.45, 7) is 11.6. The number of carbonyl (C=O) groups excluding carboxylic acids is 2. The number of hydrogen-bond acceptors (Lipinski definition) is 7. The molecule has 4 rings (SSSR count). The molecule has 3 aromatic heterocycles. The van der Waals surface area contributed by atoms with Crippen LogP contribution in [0.3, 0.4) is 0 Å². The zero-order chi connectivity index (χ0) is 29.2. The Labute approximate surface area is 237 Å². The lowest BCUT2D eigenvalue weighted by molar-refractivity contribution is 0.0920. The summed E-state index contributed by atoms with van der Waals surface area (Å²) in [7, 11) is 0. The minimum atomic E-state index is -0.542. The monoisotopic (exact) mass is 559 g/mol. The molecule has 0 aliphatic rings. The van der Waals surface area contributed by atoms with Crippen LogP contribution in [0.4, 0.5) is 5.69 Å². The third-order valence-electron chi connectivity index (χ3n) is 5.84. The number of aromatic nitrogens is 6. The fraction of sp³-hybridized carbons (Fsp3) is 0.321. The van der Waals surface area contributed by atoms with Crippen molar-refractivity contribution in [2.24, 2.45) is 0 Å². The Balaban J connectivity index is 1.76. The topological polar surface area (TPSA) is 143 Å². The van der Waals surface area contributed by atoms with E-state index in [1.165, 1.54) is 10.7 Å². The molecule has 0 radical (unpaired) electrons. The number of hydrogen-bond donors (Lipinski definition) is 2. The molecule has 0 aliphatic carbocycles. The molecule has 0 fully saturated rings. The average Bonchev–Trinajstić information content (AvgIpc) is 3.52. The molecule has 4 aromatic rings. The van der Waals surface area contributed by atoms with Gasteiger partial charge in [-0.3, -0.25) is 9.59 Å². The molecule has 0 atom stereocenters. The van der Waals surface area contributed by atoms with E-state index in [9.17, 15) is 14.9 Å². The van der Waals surface area contributed by atoms with Crippen LogP contribution in [-0.2, 0) is 6.54 Å². The molecule has 0 saturated carbocycles. The average molecular weight is 560 g/mol. The van der Waals surface area contributed by atoms with Crippen LogP contribution < -0.4 is 10.6 Å². The molecule has 0 saturated heterocycles. The van der Waals surface area contributed by atoms with Crippen molar-refractivity contribution in [2.75, 3.05) is 5.32 Å². The maximum Gasteiger partial charge on any atom is 0.274 e. The van der Waals surface area contributed by atoms with Crippen molar-refractivity contribution >= 4 is 29.1 Å². The summed E-state index contributed by atoms with van der Waals surface area (Å²) in [5.41, 5.74) is 2.28. The van der Waals surface area contributed by atoms with E-state index < -0.39 is 17.4 Å². The molecule has 40 heavy (non-hydrogen) atoms. The maximum absolute atomic E-state index is 13.8. The van der Waals surface area contributed by atoms with E-state index in [0.29, 0.717) is 21.8 Å². The van der Waals surface area contributed by atoms with E-state index in [4.69, 9.17) is 11.6 Å². The second-order valence-corrected chi connectivity index (χ2v) is 11.1. The van der Waals surface area contributed by atoms with Gasteiger partial charge in [0, 0.05) is 17.9 Å². The van der Waals surface area contributed by atoms with Crippen LogP contribution >= 0.6 is 11.6 Å². The third-order valence-corrected chi connectivity index (χ3v) is 6.14. The Kier molecular flexibility index (Phi) is 8.02. The lowest BCUT2D eigenvalue weighted by atomic mass is 10.0. The fourth-order valence-corrected chi connectivity index (χ4v) is 4.17. The number of benzene rings is 1. The number of nitrogens with zero attached hydrogens (tertiary/aromatic N) is 7. The molecule has 0 unspecified atom stereocenters. The summed E-state index contributed by atoms with van der Waals surface area (Å²) in [6.07, 6.45) is 3.38. The lowest BCUT2D eigenvalue weighted by Gasteiger charge is -2.22. The van der Waals surface area contributed by atoms with Crippen molar-refractivity contribution in [3.8, 4) is 11.9 Å². The van der Waals surface area contributed by atoms with Crippen molar-refractivity contribution in [2.45, 2.75) is 59.5 Å². The van der Waals surface area contributed by atoms with Gasteiger partial charge in [-0.15, -0.1) is 5.10 Å². The number of pyridine rings is 1. The highest BCUT2D eigenvalue weighted by atomic mass is 35.5.